The van der Waals surface area contributed by atoms with Crippen molar-refractivity contribution in [1.29, 1.82) is 0 Å². The normalized spacial score (nSPS) is 10.7. The number of para-hydroxylation sites is 1. The molecular formula is C23H21ClN4O. The zero-order valence-corrected chi connectivity index (χ0v) is 17.0. The number of nitrogens with one attached hydrogen (secondary N) is 2. The van der Waals surface area contributed by atoms with Gasteiger partial charge in [0.1, 0.15) is 11.6 Å². The van der Waals surface area contributed by atoms with Crippen LogP contribution in [0.2, 0.25) is 5.02 Å². The molecule has 3 aromatic carbocycles. The van der Waals surface area contributed by atoms with Gasteiger partial charge in [-0.25, -0.2) is 4.98 Å². The van der Waals surface area contributed by atoms with Crippen LogP contribution in [0.3, 0.4) is 0 Å². The summed E-state index contributed by atoms with van der Waals surface area (Å²) in [4.78, 5) is 9.34. The van der Waals surface area contributed by atoms with Gasteiger partial charge >= 0.3 is 0 Å². The first kappa shape index (κ1) is 19.0. The molecule has 146 valence electrons. The van der Waals surface area contributed by atoms with Gasteiger partial charge in [0.2, 0.25) is 5.95 Å². The number of aromatic nitrogens is 2. The first-order valence-electron chi connectivity index (χ1n) is 9.29. The van der Waals surface area contributed by atoms with Crippen molar-refractivity contribution in [3.63, 3.8) is 0 Å². The quantitative estimate of drug-likeness (QED) is 0.415. The fourth-order valence-corrected chi connectivity index (χ4v) is 3.18. The monoisotopic (exact) mass is 404 g/mol. The van der Waals surface area contributed by atoms with E-state index in [1.165, 1.54) is 0 Å². The summed E-state index contributed by atoms with van der Waals surface area (Å²) in [5, 5.41) is 8.35. The molecule has 0 amide bonds. The van der Waals surface area contributed by atoms with Crippen molar-refractivity contribution in [2.24, 2.45) is 0 Å². The highest BCUT2D eigenvalue weighted by molar-refractivity contribution is 6.31. The number of nitrogens with zero attached hydrogens (tertiary/aromatic N) is 2. The summed E-state index contributed by atoms with van der Waals surface area (Å²) in [6.45, 7) is 2.61. The summed E-state index contributed by atoms with van der Waals surface area (Å²) in [5.74, 6) is 2.12. The third kappa shape index (κ3) is 4.41. The molecule has 0 aliphatic heterocycles. The number of fused-ring (bicyclic) bond motifs is 1. The van der Waals surface area contributed by atoms with Gasteiger partial charge in [-0.1, -0.05) is 41.9 Å². The smallest absolute Gasteiger partial charge is 0.229 e. The third-order valence-electron chi connectivity index (χ3n) is 4.65. The lowest BCUT2D eigenvalue weighted by molar-refractivity contribution is 0.414. The Bertz CT molecular complexity index is 1150. The highest BCUT2D eigenvalue weighted by Gasteiger charge is 2.09. The average molecular weight is 405 g/mol. The van der Waals surface area contributed by atoms with Crippen LogP contribution in [0.25, 0.3) is 10.9 Å². The van der Waals surface area contributed by atoms with E-state index in [0.717, 1.165) is 39.3 Å². The van der Waals surface area contributed by atoms with Crippen molar-refractivity contribution < 1.29 is 4.74 Å². The predicted octanol–water partition coefficient (Wildman–Crippen LogP) is 5.96. The Morgan fingerprint density at radius 1 is 0.966 bits per heavy atom. The number of aryl methyl sites for hydroxylation is 1. The minimum Gasteiger partial charge on any atom is -0.497 e. The van der Waals surface area contributed by atoms with Gasteiger partial charge in [-0.05, 0) is 54.4 Å². The van der Waals surface area contributed by atoms with Crippen LogP contribution in [-0.4, -0.2) is 17.1 Å². The molecule has 4 rings (SSSR count). The largest absolute Gasteiger partial charge is 0.497 e. The maximum absolute atomic E-state index is 6.24. The van der Waals surface area contributed by atoms with Gasteiger partial charge in [-0.2, -0.15) is 4.98 Å². The van der Waals surface area contributed by atoms with Gasteiger partial charge < -0.3 is 15.4 Å². The molecule has 0 saturated heterocycles. The molecule has 0 aliphatic rings. The van der Waals surface area contributed by atoms with Crippen LogP contribution < -0.4 is 15.4 Å². The lowest BCUT2D eigenvalue weighted by Gasteiger charge is -2.12. The van der Waals surface area contributed by atoms with E-state index in [1.807, 2.05) is 73.7 Å². The molecule has 5 nitrogen and oxygen atoms in total. The number of hydrogen-bond donors (Lipinski definition) is 2. The highest BCUT2D eigenvalue weighted by atomic mass is 35.5. The summed E-state index contributed by atoms with van der Waals surface area (Å²) in [6.07, 6.45) is 0. The summed E-state index contributed by atoms with van der Waals surface area (Å²) >= 11 is 6.24. The fraction of sp³-hybridized carbons (Fsp3) is 0.130. The second-order valence-electron chi connectivity index (χ2n) is 6.70. The number of rotatable bonds is 6. The van der Waals surface area contributed by atoms with Gasteiger partial charge in [0.25, 0.3) is 0 Å². The molecule has 0 bridgehead atoms. The van der Waals surface area contributed by atoms with Crippen LogP contribution in [0.15, 0.2) is 66.7 Å². The molecule has 0 atom stereocenters. The molecule has 29 heavy (non-hydrogen) atoms. The van der Waals surface area contributed by atoms with E-state index in [9.17, 15) is 0 Å². The molecule has 4 aromatic rings. The lowest BCUT2D eigenvalue weighted by atomic mass is 10.2. The van der Waals surface area contributed by atoms with Crippen molar-refractivity contribution in [2.45, 2.75) is 13.5 Å². The Kier molecular flexibility index (Phi) is 5.49. The SMILES string of the molecule is COc1ccc(CNc2nc(Nc3ccc(C)c(Cl)c3)nc3ccccc23)cc1. The summed E-state index contributed by atoms with van der Waals surface area (Å²) in [7, 11) is 1.66. The number of anilines is 3. The fourth-order valence-electron chi connectivity index (χ4n) is 3.00. The number of ether oxygens (including phenoxy) is 1. The minimum absolute atomic E-state index is 0.515. The van der Waals surface area contributed by atoms with E-state index in [0.29, 0.717) is 17.5 Å². The molecule has 0 unspecified atom stereocenters. The molecule has 1 aromatic heterocycles. The Morgan fingerprint density at radius 2 is 1.76 bits per heavy atom. The van der Waals surface area contributed by atoms with E-state index in [1.54, 1.807) is 7.11 Å². The number of halogens is 1. The van der Waals surface area contributed by atoms with Crippen LogP contribution in [0, 0.1) is 6.92 Å². The summed E-state index contributed by atoms with van der Waals surface area (Å²) in [5.41, 5.74) is 3.87. The standard InChI is InChI=1S/C23H21ClN4O/c1-15-7-10-17(13-20(15)24)26-23-27-21-6-4-3-5-19(21)22(28-23)25-14-16-8-11-18(29-2)12-9-16/h3-13H,14H2,1-2H3,(H2,25,26,27,28). The number of methoxy groups -OCH3 is 1. The maximum atomic E-state index is 6.24. The molecular weight excluding hydrogens is 384 g/mol. The van der Waals surface area contributed by atoms with Gasteiger partial charge in [0, 0.05) is 22.6 Å². The van der Waals surface area contributed by atoms with Gasteiger partial charge in [0.15, 0.2) is 0 Å². The molecule has 0 radical (unpaired) electrons. The summed E-state index contributed by atoms with van der Waals surface area (Å²) in [6, 6.07) is 21.7. The van der Waals surface area contributed by atoms with E-state index in [-0.39, 0.29) is 0 Å². The van der Waals surface area contributed by atoms with Crippen LogP contribution in [0.4, 0.5) is 17.5 Å². The van der Waals surface area contributed by atoms with Crippen LogP contribution in [0.1, 0.15) is 11.1 Å². The zero-order valence-electron chi connectivity index (χ0n) is 16.2. The van der Waals surface area contributed by atoms with Crippen molar-refractivity contribution in [2.75, 3.05) is 17.7 Å². The zero-order chi connectivity index (χ0) is 20.2. The number of benzene rings is 3. The second-order valence-corrected chi connectivity index (χ2v) is 7.11. The van der Waals surface area contributed by atoms with Crippen LogP contribution in [0.5, 0.6) is 5.75 Å². The Hall–Kier alpha value is -3.31. The topological polar surface area (TPSA) is 59.1 Å². The van der Waals surface area contributed by atoms with Crippen LogP contribution >= 0.6 is 11.6 Å². The predicted molar refractivity (Wildman–Crippen MR) is 119 cm³/mol. The van der Waals surface area contributed by atoms with Gasteiger partial charge in [0.05, 0.1) is 12.6 Å². The number of hydrogen-bond acceptors (Lipinski definition) is 5. The molecule has 0 fully saturated rings. The maximum Gasteiger partial charge on any atom is 0.229 e. The van der Waals surface area contributed by atoms with Crippen LogP contribution in [-0.2, 0) is 6.54 Å². The Morgan fingerprint density at radius 3 is 2.52 bits per heavy atom. The molecule has 1 heterocycles. The molecule has 0 aliphatic carbocycles. The van der Waals surface area contributed by atoms with E-state index >= 15 is 0 Å². The van der Waals surface area contributed by atoms with Crippen molar-refractivity contribution in [1.82, 2.24) is 9.97 Å². The molecule has 0 saturated carbocycles. The average Bonchev–Trinajstić information content (AvgIpc) is 2.75. The Labute approximate surface area is 174 Å². The molecule has 6 heteroatoms. The van der Waals surface area contributed by atoms with Crippen molar-refractivity contribution >= 4 is 40.0 Å². The third-order valence-corrected chi connectivity index (χ3v) is 5.06. The molecule has 0 spiro atoms. The van der Waals surface area contributed by atoms with Crippen molar-refractivity contribution in [3.8, 4) is 5.75 Å². The first-order chi connectivity index (χ1) is 14.1. The Balaban J connectivity index is 1.62. The van der Waals surface area contributed by atoms with Gasteiger partial charge in [-0.15, -0.1) is 0 Å². The first-order valence-corrected chi connectivity index (χ1v) is 9.67. The second kappa shape index (κ2) is 8.37. The summed E-state index contributed by atoms with van der Waals surface area (Å²) < 4.78 is 5.22. The highest BCUT2D eigenvalue weighted by Crippen LogP contribution is 2.26. The minimum atomic E-state index is 0.515. The molecule has 2 N–H and O–H groups in total. The van der Waals surface area contributed by atoms with E-state index in [4.69, 9.17) is 21.3 Å². The van der Waals surface area contributed by atoms with Gasteiger partial charge in [-0.3, -0.25) is 0 Å². The lowest BCUT2D eigenvalue weighted by Crippen LogP contribution is -2.06. The van der Waals surface area contributed by atoms with E-state index < -0.39 is 0 Å². The van der Waals surface area contributed by atoms with E-state index in [2.05, 4.69) is 15.6 Å². The van der Waals surface area contributed by atoms with Crippen molar-refractivity contribution in [3.05, 3.63) is 82.9 Å².